The molecule has 1 aromatic carbocycles. The minimum absolute atomic E-state index is 0.341. The van der Waals surface area contributed by atoms with Crippen LogP contribution >= 0.6 is 0 Å². The molecule has 0 fully saturated rings. The second-order valence-electron chi connectivity index (χ2n) is 3.85. The number of aromatic amines is 1. The van der Waals surface area contributed by atoms with Crippen molar-refractivity contribution in [1.82, 2.24) is 4.98 Å². The van der Waals surface area contributed by atoms with Crippen LogP contribution in [-0.2, 0) is 0 Å². The van der Waals surface area contributed by atoms with Gasteiger partial charge in [-0.3, -0.25) is 4.79 Å². The molecule has 0 saturated carbocycles. The molecular formula is C13H9FN2O2. The van der Waals surface area contributed by atoms with E-state index in [2.05, 4.69) is 10.3 Å². The number of rotatable bonds is 2. The molecule has 0 saturated heterocycles. The third kappa shape index (κ3) is 1.86. The molecule has 0 aliphatic rings. The van der Waals surface area contributed by atoms with Crippen LogP contribution in [0.2, 0.25) is 0 Å². The number of fused-ring (bicyclic) bond motifs is 1. The van der Waals surface area contributed by atoms with Gasteiger partial charge in [-0.05, 0) is 18.2 Å². The highest BCUT2D eigenvalue weighted by Crippen LogP contribution is 2.17. The predicted molar refractivity (Wildman–Crippen MR) is 64.9 cm³/mol. The Labute approximate surface area is 101 Å². The van der Waals surface area contributed by atoms with Crippen molar-refractivity contribution in [2.75, 3.05) is 5.32 Å². The summed E-state index contributed by atoms with van der Waals surface area (Å²) in [6, 6.07) is 9.06. The normalized spacial score (nSPS) is 10.7. The average Bonchev–Trinajstić information content (AvgIpc) is 2.88. The van der Waals surface area contributed by atoms with Gasteiger partial charge in [0.2, 0.25) is 0 Å². The van der Waals surface area contributed by atoms with Crippen molar-refractivity contribution in [3.63, 3.8) is 0 Å². The number of nitrogens with one attached hydrogen (secondary N) is 2. The standard InChI is InChI=1S/C13H9FN2O2/c14-8-2-1-3-9(6-8)15-13(17)11-7-12-10(16-11)4-5-18-12/h1-7,16H,(H,15,17). The van der Waals surface area contributed by atoms with Crippen LogP contribution in [0.5, 0.6) is 0 Å². The van der Waals surface area contributed by atoms with Gasteiger partial charge in [-0.2, -0.15) is 0 Å². The van der Waals surface area contributed by atoms with Gasteiger partial charge in [-0.25, -0.2) is 4.39 Å². The third-order valence-corrected chi connectivity index (χ3v) is 2.57. The number of H-pyrrole nitrogens is 1. The van der Waals surface area contributed by atoms with Crippen LogP contribution in [0, 0.1) is 5.82 Å². The van der Waals surface area contributed by atoms with E-state index in [9.17, 15) is 9.18 Å². The first-order chi connectivity index (χ1) is 8.72. The van der Waals surface area contributed by atoms with Gasteiger partial charge in [-0.1, -0.05) is 6.07 Å². The van der Waals surface area contributed by atoms with Crippen LogP contribution in [-0.4, -0.2) is 10.9 Å². The van der Waals surface area contributed by atoms with Gasteiger partial charge < -0.3 is 14.7 Å². The smallest absolute Gasteiger partial charge is 0.272 e. The van der Waals surface area contributed by atoms with Gasteiger partial charge in [-0.15, -0.1) is 0 Å². The van der Waals surface area contributed by atoms with Gasteiger partial charge in [0.15, 0.2) is 5.58 Å². The zero-order chi connectivity index (χ0) is 12.5. The second kappa shape index (κ2) is 4.03. The van der Waals surface area contributed by atoms with Crippen LogP contribution < -0.4 is 5.32 Å². The van der Waals surface area contributed by atoms with Crippen molar-refractivity contribution < 1.29 is 13.6 Å². The number of halogens is 1. The SMILES string of the molecule is O=C(Nc1cccc(F)c1)c1cc2occc2[nH]1. The minimum Gasteiger partial charge on any atom is -0.463 e. The molecule has 2 heterocycles. The van der Waals surface area contributed by atoms with E-state index in [1.807, 2.05) is 0 Å². The molecule has 0 aliphatic carbocycles. The van der Waals surface area contributed by atoms with Crippen molar-refractivity contribution >= 4 is 22.7 Å². The van der Waals surface area contributed by atoms with Crippen LogP contribution in [0.15, 0.2) is 47.1 Å². The highest BCUT2D eigenvalue weighted by Gasteiger charge is 2.11. The summed E-state index contributed by atoms with van der Waals surface area (Å²) in [5, 5.41) is 2.60. The Kier molecular flexibility index (Phi) is 2.37. The molecule has 0 aliphatic heterocycles. The monoisotopic (exact) mass is 244 g/mol. The summed E-state index contributed by atoms with van der Waals surface area (Å²) in [6.45, 7) is 0. The lowest BCUT2D eigenvalue weighted by Gasteiger charge is -2.03. The number of amides is 1. The Balaban J connectivity index is 1.85. The zero-order valence-electron chi connectivity index (χ0n) is 9.24. The lowest BCUT2D eigenvalue weighted by molar-refractivity contribution is 0.102. The first-order valence-electron chi connectivity index (χ1n) is 5.35. The first kappa shape index (κ1) is 10.6. The summed E-state index contributed by atoms with van der Waals surface area (Å²) in [5.74, 6) is -0.736. The minimum atomic E-state index is -0.395. The summed E-state index contributed by atoms with van der Waals surface area (Å²) in [7, 11) is 0. The largest absolute Gasteiger partial charge is 0.463 e. The average molecular weight is 244 g/mol. The van der Waals surface area contributed by atoms with E-state index < -0.39 is 5.82 Å². The molecule has 2 N–H and O–H groups in total. The first-order valence-corrected chi connectivity index (χ1v) is 5.35. The van der Waals surface area contributed by atoms with E-state index in [1.165, 1.54) is 24.5 Å². The molecule has 0 unspecified atom stereocenters. The molecule has 3 rings (SSSR count). The van der Waals surface area contributed by atoms with Crippen LogP contribution in [0.4, 0.5) is 10.1 Å². The number of anilines is 1. The summed E-state index contributed by atoms with van der Waals surface area (Å²) in [4.78, 5) is 14.8. The zero-order valence-corrected chi connectivity index (χ0v) is 9.24. The maximum Gasteiger partial charge on any atom is 0.272 e. The van der Waals surface area contributed by atoms with E-state index >= 15 is 0 Å². The lowest BCUT2D eigenvalue weighted by Crippen LogP contribution is -2.12. The van der Waals surface area contributed by atoms with E-state index in [4.69, 9.17) is 4.42 Å². The van der Waals surface area contributed by atoms with Crippen molar-refractivity contribution in [3.05, 3.63) is 54.2 Å². The Morgan fingerprint density at radius 2 is 2.17 bits per heavy atom. The quantitative estimate of drug-likeness (QED) is 0.727. The topological polar surface area (TPSA) is 58.0 Å². The molecule has 5 heteroatoms. The Morgan fingerprint density at radius 1 is 1.28 bits per heavy atom. The fraction of sp³-hybridized carbons (Fsp3) is 0. The number of benzene rings is 1. The van der Waals surface area contributed by atoms with Crippen LogP contribution in [0.3, 0.4) is 0 Å². The summed E-state index contributed by atoms with van der Waals surface area (Å²) in [5.41, 5.74) is 2.14. The van der Waals surface area contributed by atoms with E-state index in [-0.39, 0.29) is 5.91 Å². The lowest BCUT2D eigenvalue weighted by atomic mass is 10.3. The van der Waals surface area contributed by atoms with E-state index in [0.717, 1.165) is 5.52 Å². The number of hydrogen-bond donors (Lipinski definition) is 2. The van der Waals surface area contributed by atoms with E-state index in [1.54, 1.807) is 18.2 Å². The number of hydrogen-bond acceptors (Lipinski definition) is 2. The fourth-order valence-electron chi connectivity index (χ4n) is 1.74. The molecular weight excluding hydrogens is 235 g/mol. The van der Waals surface area contributed by atoms with Crippen molar-refractivity contribution in [3.8, 4) is 0 Å². The van der Waals surface area contributed by atoms with Gasteiger partial charge in [0, 0.05) is 17.8 Å². The molecule has 3 aromatic rings. The molecule has 4 nitrogen and oxygen atoms in total. The van der Waals surface area contributed by atoms with Gasteiger partial charge in [0.25, 0.3) is 5.91 Å². The van der Waals surface area contributed by atoms with Gasteiger partial charge >= 0.3 is 0 Å². The molecule has 18 heavy (non-hydrogen) atoms. The highest BCUT2D eigenvalue weighted by molar-refractivity contribution is 6.05. The van der Waals surface area contributed by atoms with Crippen LogP contribution in [0.25, 0.3) is 11.1 Å². The fourth-order valence-corrected chi connectivity index (χ4v) is 1.74. The summed E-state index contributed by atoms with van der Waals surface area (Å²) in [6.07, 6.45) is 1.54. The molecule has 0 radical (unpaired) electrons. The maximum atomic E-state index is 13.0. The van der Waals surface area contributed by atoms with Gasteiger partial charge in [0.1, 0.15) is 11.5 Å². The Hall–Kier alpha value is -2.56. The molecule has 2 aromatic heterocycles. The van der Waals surface area contributed by atoms with Gasteiger partial charge in [0.05, 0.1) is 11.8 Å². The number of carbonyl (C=O) groups is 1. The number of aromatic nitrogens is 1. The molecule has 0 bridgehead atoms. The Morgan fingerprint density at radius 3 is 2.94 bits per heavy atom. The van der Waals surface area contributed by atoms with Crippen molar-refractivity contribution in [1.29, 1.82) is 0 Å². The highest BCUT2D eigenvalue weighted by atomic mass is 19.1. The number of carbonyl (C=O) groups excluding carboxylic acids is 1. The Bertz CT molecular complexity index is 686. The third-order valence-electron chi connectivity index (χ3n) is 2.57. The number of furan rings is 1. The van der Waals surface area contributed by atoms with Crippen LogP contribution in [0.1, 0.15) is 10.5 Å². The van der Waals surface area contributed by atoms with Crippen molar-refractivity contribution in [2.45, 2.75) is 0 Å². The molecule has 0 atom stereocenters. The predicted octanol–water partition coefficient (Wildman–Crippen LogP) is 3.15. The summed E-state index contributed by atoms with van der Waals surface area (Å²) < 4.78 is 18.1. The second-order valence-corrected chi connectivity index (χ2v) is 3.85. The molecule has 0 spiro atoms. The summed E-state index contributed by atoms with van der Waals surface area (Å²) >= 11 is 0. The molecule has 1 amide bonds. The molecule has 90 valence electrons. The maximum absolute atomic E-state index is 13.0. The van der Waals surface area contributed by atoms with E-state index in [0.29, 0.717) is 17.0 Å². The van der Waals surface area contributed by atoms with Crippen molar-refractivity contribution in [2.24, 2.45) is 0 Å².